The quantitative estimate of drug-likeness (QED) is 0.224. The van der Waals surface area contributed by atoms with Crippen molar-refractivity contribution in [1.29, 1.82) is 0 Å². The van der Waals surface area contributed by atoms with Gasteiger partial charge in [0, 0.05) is 27.6 Å². The number of nitro benzene ring substituents is 1. The number of pyridine rings is 1. The molecule has 0 aliphatic rings. The molecular formula is C23H13BrN4O3S. The summed E-state index contributed by atoms with van der Waals surface area (Å²) in [5, 5.41) is 15.0. The van der Waals surface area contributed by atoms with E-state index >= 15 is 0 Å². The normalized spacial score (nSPS) is 11.0. The standard InChI is InChI=1S/C23H13BrN4O3S/c24-14-5-3-4-13(10-14)20-12-17(16-6-1-2-7-18(16)25-20)22(29)27-23-26-19-9-8-15(28(30)31)11-21(19)32-23/h1-12H,(H,26,27,29). The number of nitro groups is 1. The monoisotopic (exact) mass is 504 g/mol. The first-order chi connectivity index (χ1) is 15.5. The lowest BCUT2D eigenvalue weighted by Crippen LogP contribution is -2.13. The Morgan fingerprint density at radius 2 is 1.81 bits per heavy atom. The molecule has 1 N–H and O–H groups in total. The first-order valence-electron chi connectivity index (χ1n) is 9.50. The molecule has 0 aliphatic carbocycles. The number of amides is 1. The van der Waals surface area contributed by atoms with E-state index in [-0.39, 0.29) is 11.6 Å². The van der Waals surface area contributed by atoms with Gasteiger partial charge in [-0.3, -0.25) is 20.2 Å². The molecule has 0 bridgehead atoms. The van der Waals surface area contributed by atoms with Crippen LogP contribution in [0.25, 0.3) is 32.4 Å². The van der Waals surface area contributed by atoms with E-state index in [4.69, 9.17) is 4.98 Å². The van der Waals surface area contributed by atoms with Gasteiger partial charge in [0.1, 0.15) is 0 Å². The highest BCUT2D eigenvalue weighted by atomic mass is 79.9. The number of hydrogen-bond donors (Lipinski definition) is 1. The topological polar surface area (TPSA) is 98.0 Å². The Kier molecular flexibility index (Phi) is 5.12. The van der Waals surface area contributed by atoms with E-state index in [9.17, 15) is 14.9 Å². The molecule has 0 atom stereocenters. The number of para-hydroxylation sites is 1. The Morgan fingerprint density at radius 3 is 2.62 bits per heavy atom. The van der Waals surface area contributed by atoms with Crippen LogP contribution in [0.1, 0.15) is 10.4 Å². The van der Waals surface area contributed by atoms with Crippen LogP contribution in [0, 0.1) is 10.1 Å². The van der Waals surface area contributed by atoms with Gasteiger partial charge in [0.25, 0.3) is 11.6 Å². The molecule has 0 spiro atoms. The minimum Gasteiger partial charge on any atom is -0.298 e. The van der Waals surface area contributed by atoms with Crippen molar-refractivity contribution in [3.8, 4) is 11.3 Å². The van der Waals surface area contributed by atoms with Gasteiger partial charge in [-0.1, -0.05) is 57.6 Å². The molecule has 0 unspecified atom stereocenters. The molecule has 5 aromatic rings. The maximum absolute atomic E-state index is 13.2. The van der Waals surface area contributed by atoms with E-state index in [0.717, 1.165) is 15.4 Å². The first-order valence-corrected chi connectivity index (χ1v) is 11.1. The Balaban J connectivity index is 1.55. The van der Waals surface area contributed by atoms with Crippen LogP contribution in [0.2, 0.25) is 0 Å². The van der Waals surface area contributed by atoms with Gasteiger partial charge in [0.15, 0.2) is 5.13 Å². The number of fused-ring (bicyclic) bond motifs is 2. The molecule has 3 aromatic carbocycles. The summed E-state index contributed by atoms with van der Waals surface area (Å²) >= 11 is 4.67. The number of hydrogen-bond acceptors (Lipinski definition) is 6. The summed E-state index contributed by atoms with van der Waals surface area (Å²) in [4.78, 5) is 32.9. The van der Waals surface area contributed by atoms with Crippen LogP contribution in [0.15, 0.2) is 77.3 Å². The minimum atomic E-state index is -0.454. The van der Waals surface area contributed by atoms with Crippen LogP contribution >= 0.6 is 27.3 Å². The zero-order valence-electron chi connectivity index (χ0n) is 16.3. The van der Waals surface area contributed by atoms with Gasteiger partial charge in [0.05, 0.1) is 31.9 Å². The fourth-order valence-corrected chi connectivity index (χ4v) is 4.70. The summed E-state index contributed by atoms with van der Waals surface area (Å²) in [5.41, 5.74) is 3.30. The van der Waals surface area contributed by atoms with Crippen molar-refractivity contribution >= 4 is 65.1 Å². The molecule has 0 fully saturated rings. The van der Waals surface area contributed by atoms with Crippen LogP contribution in [0.5, 0.6) is 0 Å². The van der Waals surface area contributed by atoms with Crippen LogP contribution in [-0.4, -0.2) is 20.8 Å². The number of carbonyl (C=O) groups is 1. The van der Waals surface area contributed by atoms with Gasteiger partial charge in [-0.15, -0.1) is 0 Å². The Morgan fingerprint density at radius 1 is 0.969 bits per heavy atom. The highest BCUT2D eigenvalue weighted by molar-refractivity contribution is 9.10. The van der Waals surface area contributed by atoms with Crippen molar-refractivity contribution in [2.24, 2.45) is 0 Å². The third-order valence-corrected chi connectivity index (χ3v) is 6.31. The van der Waals surface area contributed by atoms with Crippen molar-refractivity contribution in [2.75, 3.05) is 5.32 Å². The number of rotatable bonds is 4. The van der Waals surface area contributed by atoms with Gasteiger partial charge < -0.3 is 0 Å². The number of nitrogens with zero attached hydrogens (tertiary/aromatic N) is 3. The van der Waals surface area contributed by atoms with E-state index < -0.39 is 4.92 Å². The average Bonchev–Trinajstić information content (AvgIpc) is 3.19. The molecular weight excluding hydrogens is 492 g/mol. The summed E-state index contributed by atoms with van der Waals surface area (Å²) < 4.78 is 1.54. The number of nitrogens with one attached hydrogen (secondary N) is 1. The lowest BCUT2D eigenvalue weighted by molar-refractivity contribution is -0.384. The Labute approximate surface area is 194 Å². The van der Waals surface area contributed by atoms with Crippen LogP contribution in [-0.2, 0) is 0 Å². The average molecular weight is 505 g/mol. The molecule has 32 heavy (non-hydrogen) atoms. The predicted octanol–water partition coefficient (Wildman–Crippen LogP) is 6.43. The summed E-state index contributed by atoms with van der Waals surface area (Å²) in [6, 6.07) is 21.4. The molecule has 0 saturated heterocycles. The van der Waals surface area contributed by atoms with Crippen molar-refractivity contribution in [2.45, 2.75) is 0 Å². The fourth-order valence-electron chi connectivity index (χ4n) is 3.40. The number of benzene rings is 3. The lowest BCUT2D eigenvalue weighted by Gasteiger charge is -2.10. The molecule has 0 radical (unpaired) electrons. The van der Waals surface area contributed by atoms with Crippen LogP contribution in [0.4, 0.5) is 10.8 Å². The maximum atomic E-state index is 13.2. The van der Waals surface area contributed by atoms with Crippen LogP contribution in [0.3, 0.4) is 0 Å². The fraction of sp³-hybridized carbons (Fsp3) is 0. The smallest absolute Gasteiger partial charge is 0.270 e. The molecule has 0 saturated carbocycles. The minimum absolute atomic E-state index is 0.0159. The first kappa shape index (κ1) is 20.2. The molecule has 2 aromatic heterocycles. The summed E-state index contributed by atoms with van der Waals surface area (Å²) in [6.45, 7) is 0. The second-order valence-corrected chi connectivity index (χ2v) is 8.91. The third-order valence-electron chi connectivity index (χ3n) is 4.88. The molecule has 7 nitrogen and oxygen atoms in total. The molecule has 5 rings (SSSR count). The second kappa shape index (κ2) is 8.10. The summed E-state index contributed by atoms with van der Waals surface area (Å²) in [6.07, 6.45) is 0. The summed E-state index contributed by atoms with van der Waals surface area (Å²) in [5.74, 6) is -0.326. The summed E-state index contributed by atoms with van der Waals surface area (Å²) in [7, 11) is 0. The van der Waals surface area contributed by atoms with Crippen molar-refractivity contribution in [1.82, 2.24) is 9.97 Å². The zero-order valence-corrected chi connectivity index (χ0v) is 18.7. The number of non-ortho nitro benzene ring substituents is 1. The van der Waals surface area contributed by atoms with E-state index in [1.807, 2.05) is 48.5 Å². The zero-order chi connectivity index (χ0) is 22.2. The molecule has 1 amide bonds. The van der Waals surface area contributed by atoms with E-state index in [1.54, 1.807) is 12.1 Å². The highest BCUT2D eigenvalue weighted by Crippen LogP contribution is 2.31. The number of carbonyl (C=O) groups excluding carboxylic acids is 1. The van der Waals surface area contributed by atoms with Gasteiger partial charge in [0.2, 0.25) is 0 Å². The van der Waals surface area contributed by atoms with Gasteiger partial charge in [-0.05, 0) is 30.3 Å². The van der Waals surface area contributed by atoms with E-state index in [2.05, 4.69) is 26.2 Å². The Bertz CT molecular complexity index is 1530. The second-order valence-electron chi connectivity index (χ2n) is 6.96. The van der Waals surface area contributed by atoms with E-state index in [0.29, 0.717) is 32.1 Å². The van der Waals surface area contributed by atoms with Gasteiger partial charge >= 0.3 is 0 Å². The molecule has 156 valence electrons. The Hall–Kier alpha value is -3.69. The lowest BCUT2D eigenvalue weighted by atomic mass is 10.0. The molecule has 0 aliphatic heterocycles. The third kappa shape index (κ3) is 3.83. The van der Waals surface area contributed by atoms with Crippen molar-refractivity contribution in [3.63, 3.8) is 0 Å². The maximum Gasteiger partial charge on any atom is 0.270 e. The largest absolute Gasteiger partial charge is 0.298 e. The number of aromatic nitrogens is 2. The number of thiazole rings is 1. The predicted molar refractivity (Wildman–Crippen MR) is 129 cm³/mol. The SMILES string of the molecule is O=C(Nc1nc2ccc([N+](=O)[O-])cc2s1)c1cc(-c2cccc(Br)c2)nc2ccccc12. The van der Waals surface area contributed by atoms with Gasteiger partial charge in [-0.2, -0.15) is 0 Å². The van der Waals surface area contributed by atoms with E-state index in [1.165, 1.54) is 23.5 Å². The van der Waals surface area contributed by atoms with Crippen LogP contribution < -0.4 is 5.32 Å². The van der Waals surface area contributed by atoms with Gasteiger partial charge in [-0.25, -0.2) is 9.97 Å². The number of halogens is 1. The van der Waals surface area contributed by atoms with Crippen molar-refractivity contribution in [3.05, 3.63) is 92.9 Å². The molecule has 9 heteroatoms. The molecule has 2 heterocycles. The highest BCUT2D eigenvalue weighted by Gasteiger charge is 2.17. The number of anilines is 1. The van der Waals surface area contributed by atoms with Crippen molar-refractivity contribution < 1.29 is 9.72 Å².